The van der Waals surface area contributed by atoms with Crippen LogP contribution in [0.4, 0.5) is 24.9 Å². The van der Waals surface area contributed by atoms with E-state index in [9.17, 15) is 26.7 Å². The van der Waals surface area contributed by atoms with Crippen LogP contribution >= 0.6 is 0 Å². The lowest BCUT2D eigenvalue weighted by Gasteiger charge is -2.28. The second kappa shape index (κ2) is 9.13. The minimum atomic E-state index is -4.63. The summed E-state index contributed by atoms with van der Waals surface area (Å²) in [6, 6.07) is 6.73. The molecular weight excluding hydrogens is 501 g/mol. The number of phenols is 1. The van der Waals surface area contributed by atoms with Crippen LogP contribution in [0.1, 0.15) is 5.56 Å². The summed E-state index contributed by atoms with van der Waals surface area (Å²) in [4.78, 5) is 10.2. The van der Waals surface area contributed by atoms with Crippen molar-refractivity contribution in [3.05, 3.63) is 53.3 Å². The van der Waals surface area contributed by atoms with Crippen LogP contribution in [0.25, 0.3) is 11.3 Å². The highest BCUT2D eigenvalue weighted by Crippen LogP contribution is 2.41. The number of anilines is 2. The molecule has 36 heavy (non-hydrogen) atoms. The first-order valence-corrected chi connectivity index (χ1v) is 12.4. The molecule has 190 valence electrons. The first-order chi connectivity index (χ1) is 17.2. The lowest BCUT2D eigenvalue weighted by Crippen LogP contribution is -2.38. The number of nitrogens with zero attached hydrogens (tertiary/aromatic N) is 4. The number of sulfonamides is 1. The second-order valence-corrected chi connectivity index (χ2v) is 10.00. The summed E-state index contributed by atoms with van der Waals surface area (Å²) >= 11 is 0. The number of benzene rings is 2. The van der Waals surface area contributed by atoms with Crippen LogP contribution in [0, 0.1) is 17.5 Å². The number of halogens is 3. The maximum atomic E-state index is 14.4. The van der Waals surface area contributed by atoms with Gasteiger partial charge in [-0.2, -0.15) is 9.37 Å². The molecule has 2 aliphatic rings. The van der Waals surface area contributed by atoms with Crippen LogP contribution in [0.2, 0.25) is 0 Å². The average molecular weight is 523 g/mol. The molecule has 3 heterocycles. The minimum Gasteiger partial charge on any atom is -0.508 e. The molecule has 0 amide bonds. The molecule has 2 aliphatic heterocycles. The highest BCUT2D eigenvalue weighted by atomic mass is 32.2. The zero-order chi connectivity index (χ0) is 25.6. The Kier molecular flexibility index (Phi) is 6.12. The predicted molar refractivity (Wildman–Crippen MR) is 123 cm³/mol. The SMILES string of the molecule is COc1c(S(=O)(=O)N2CCc3c(-c4cccc(O)c4)nc(N4CCOCC4)nc32)cc(F)c(F)c1F. The molecule has 0 unspecified atom stereocenters. The van der Waals surface area contributed by atoms with E-state index in [1.54, 1.807) is 12.1 Å². The average Bonchev–Trinajstić information content (AvgIpc) is 3.32. The van der Waals surface area contributed by atoms with E-state index in [0.29, 0.717) is 49.2 Å². The van der Waals surface area contributed by atoms with Gasteiger partial charge < -0.3 is 19.5 Å². The number of aromatic hydroxyl groups is 1. The van der Waals surface area contributed by atoms with Crippen molar-refractivity contribution < 1.29 is 36.2 Å². The molecular formula is C23H21F3N4O5S. The van der Waals surface area contributed by atoms with Crippen LogP contribution in [0.5, 0.6) is 11.5 Å². The lowest BCUT2D eigenvalue weighted by atomic mass is 10.1. The van der Waals surface area contributed by atoms with Gasteiger partial charge in [-0.25, -0.2) is 26.5 Å². The first kappa shape index (κ1) is 24.1. The highest BCUT2D eigenvalue weighted by molar-refractivity contribution is 7.93. The fourth-order valence-corrected chi connectivity index (χ4v) is 5.91. The summed E-state index contributed by atoms with van der Waals surface area (Å²) in [6.45, 7) is 1.68. The number of rotatable bonds is 5. The van der Waals surface area contributed by atoms with Gasteiger partial charge in [-0.1, -0.05) is 12.1 Å². The molecule has 3 aromatic rings. The van der Waals surface area contributed by atoms with Gasteiger partial charge in [0.1, 0.15) is 10.6 Å². The monoisotopic (exact) mass is 522 g/mol. The van der Waals surface area contributed by atoms with Crippen LogP contribution in [-0.2, 0) is 21.2 Å². The Balaban J connectivity index is 1.69. The Labute approximate surface area is 204 Å². The molecule has 0 radical (unpaired) electrons. The lowest BCUT2D eigenvalue weighted by molar-refractivity contribution is 0.122. The Morgan fingerprint density at radius 2 is 1.81 bits per heavy atom. The third kappa shape index (κ3) is 3.97. The zero-order valence-corrected chi connectivity index (χ0v) is 19.9. The summed E-state index contributed by atoms with van der Waals surface area (Å²) in [5.41, 5.74) is 1.43. The van der Waals surface area contributed by atoms with Gasteiger partial charge in [0.2, 0.25) is 11.8 Å². The van der Waals surface area contributed by atoms with Crippen LogP contribution in [0.3, 0.4) is 0 Å². The Morgan fingerprint density at radius 1 is 1.06 bits per heavy atom. The number of methoxy groups -OCH3 is 1. The quantitative estimate of drug-likeness (QED) is 0.510. The van der Waals surface area contributed by atoms with Crippen molar-refractivity contribution in [3.63, 3.8) is 0 Å². The molecule has 1 saturated heterocycles. The number of ether oxygens (including phenoxy) is 2. The molecule has 1 fully saturated rings. The van der Waals surface area contributed by atoms with Gasteiger partial charge in [0.15, 0.2) is 23.2 Å². The van der Waals surface area contributed by atoms with Gasteiger partial charge in [-0.05, 0) is 18.6 Å². The van der Waals surface area contributed by atoms with Crippen molar-refractivity contribution in [2.45, 2.75) is 11.3 Å². The molecule has 0 atom stereocenters. The number of fused-ring (bicyclic) bond motifs is 1. The van der Waals surface area contributed by atoms with Crippen molar-refractivity contribution in [2.24, 2.45) is 0 Å². The molecule has 5 rings (SSSR count). The van der Waals surface area contributed by atoms with Crippen molar-refractivity contribution >= 4 is 21.8 Å². The minimum absolute atomic E-state index is 0.00254. The van der Waals surface area contributed by atoms with Crippen molar-refractivity contribution in [1.29, 1.82) is 0 Å². The number of hydrogen-bond donors (Lipinski definition) is 1. The fourth-order valence-electron chi connectivity index (χ4n) is 4.30. The van der Waals surface area contributed by atoms with E-state index in [2.05, 4.69) is 9.97 Å². The smallest absolute Gasteiger partial charge is 0.269 e. The summed E-state index contributed by atoms with van der Waals surface area (Å²) in [5, 5.41) is 10.0. The molecule has 0 aliphatic carbocycles. The topological polar surface area (TPSA) is 105 Å². The predicted octanol–water partition coefficient (Wildman–Crippen LogP) is 2.86. The van der Waals surface area contributed by atoms with E-state index in [1.807, 2.05) is 4.90 Å². The molecule has 2 aromatic carbocycles. The normalized spacial score (nSPS) is 15.8. The van der Waals surface area contributed by atoms with Gasteiger partial charge in [-0.15, -0.1) is 0 Å². The fraction of sp³-hybridized carbons (Fsp3) is 0.304. The molecule has 13 heteroatoms. The third-order valence-corrected chi connectivity index (χ3v) is 7.84. The summed E-state index contributed by atoms with van der Waals surface area (Å²) in [5.74, 6) is -5.92. The largest absolute Gasteiger partial charge is 0.508 e. The van der Waals surface area contributed by atoms with Gasteiger partial charge in [-0.3, -0.25) is 0 Å². The summed E-state index contributed by atoms with van der Waals surface area (Å²) in [7, 11) is -3.67. The summed E-state index contributed by atoms with van der Waals surface area (Å²) in [6.07, 6.45) is 0.192. The van der Waals surface area contributed by atoms with Crippen molar-refractivity contribution in [3.8, 4) is 22.8 Å². The maximum Gasteiger partial charge on any atom is 0.269 e. The molecule has 1 aromatic heterocycles. The van der Waals surface area contributed by atoms with E-state index >= 15 is 0 Å². The van der Waals surface area contributed by atoms with Gasteiger partial charge in [0.25, 0.3) is 10.0 Å². The van der Waals surface area contributed by atoms with Gasteiger partial charge in [0.05, 0.1) is 26.0 Å². The molecule has 0 bridgehead atoms. The summed E-state index contributed by atoms with van der Waals surface area (Å²) < 4.78 is 80.6. The third-order valence-electron chi connectivity index (χ3n) is 6.04. The Bertz CT molecular complexity index is 1450. The van der Waals surface area contributed by atoms with E-state index in [4.69, 9.17) is 9.47 Å². The zero-order valence-electron chi connectivity index (χ0n) is 19.0. The van der Waals surface area contributed by atoms with Gasteiger partial charge in [0, 0.05) is 36.8 Å². The molecule has 9 nitrogen and oxygen atoms in total. The highest BCUT2D eigenvalue weighted by Gasteiger charge is 2.39. The van der Waals surface area contributed by atoms with Gasteiger partial charge >= 0.3 is 0 Å². The number of hydrogen-bond acceptors (Lipinski definition) is 8. The Hall–Kier alpha value is -3.58. The second-order valence-electron chi connectivity index (χ2n) is 8.17. The van der Waals surface area contributed by atoms with E-state index in [0.717, 1.165) is 11.4 Å². The number of morpholine rings is 1. The van der Waals surface area contributed by atoms with Crippen LogP contribution in [-0.4, -0.2) is 63.5 Å². The first-order valence-electron chi connectivity index (χ1n) is 11.0. The van der Waals surface area contributed by atoms with Crippen LogP contribution in [0.15, 0.2) is 35.2 Å². The number of aromatic nitrogens is 2. The van der Waals surface area contributed by atoms with Crippen LogP contribution < -0.4 is 13.9 Å². The van der Waals surface area contributed by atoms with Crippen molar-refractivity contribution in [1.82, 2.24) is 9.97 Å². The molecule has 0 spiro atoms. The van der Waals surface area contributed by atoms with E-state index < -0.39 is 38.1 Å². The number of phenolic OH excluding ortho intramolecular Hbond substituents is 1. The van der Waals surface area contributed by atoms with Crippen molar-refractivity contribution in [2.75, 3.05) is 49.2 Å². The Morgan fingerprint density at radius 3 is 2.50 bits per heavy atom. The standard InChI is InChI=1S/C23H21F3N4O5S/c1-34-21-17(12-16(24)18(25)19(21)26)36(32,33)30-6-5-15-20(13-3-2-4-14(31)11-13)27-23(28-22(15)30)29-7-9-35-10-8-29/h2-4,11-12,31H,5-10H2,1H3. The van der Waals surface area contributed by atoms with E-state index in [1.165, 1.54) is 12.1 Å². The van der Waals surface area contributed by atoms with E-state index in [-0.39, 0.29) is 30.5 Å². The molecule has 1 N–H and O–H groups in total. The molecule has 0 saturated carbocycles. The maximum absolute atomic E-state index is 14.4.